The van der Waals surface area contributed by atoms with Crippen molar-refractivity contribution in [2.24, 2.45) is 0 Å². The van der Waals surface area contributed by atoms with E-state index in [1.807, 2.05) is 29.2 Å². The highest BCUT2D eigenvalue weighted by molar-refractivity contribution is 6.82. The van der Waals surface area contributed by atoms with E-state index in [-0.39, 0.29) is 5.56 Å². The zero-order valence-electron chi connectivity index (χ0n) is 28.2. The molecule has 0 saturated heterocycles. The molecule has 0 radical (unpaired) electrons. The monoisotopic (exact) mass is 648 g/mol. The van der Waals surface area contributed by atoms with Gasteiger partial charge >= 0.3 is 0 Å². The quantitative estimate of drug-likeness (QED) is 0.113. The van der Waals surface area contributed by atoms with E-state index in [0.717, 1.165) is 53.8 Å². The number of pyridine rings is 2. The molecule has 0 amide bonds. The second-order valence-electron chi connectivity index (χ2n) is 14.4. The standard InChI is InChI=1S/C38H45FN6OSi/c1-23(2)47(24(3)4,25(5)6)44-21-31(34-35(27-15-16-27)41-22-42-38(34)44)36(46)30-17-18-33(43-37(30)39)45(28-10-9-19-40-20-28)32-12-8-7-11-29(32)26-13-14-26/h7-12,17-27,36,46H,13-16H2,1-6H3. The van der Waals surface area contributed by atoms with Gasteiger partial charge in [-0.2, -0.15) is 4.39 Å². The Hall–Kier alpha value is -3.95. The predicted molar refractivity (Wildman–Crippen MR) is 189 cm³/mol. The van der Waals surface area contributed by atoms with Crippen LogP contribution in [0.2, 0.25) is 16.6 Å². The molecular weight excluding hydrogens is 604 g/mol. The van der Waals surface area contributed by atoms with Crippen molar-refractivity contribution >= 4 is 36.5 Å². The van der Waals surface area contributed by atoms with Crippen molar-refractivity contribution in [2.75, 3.05) is 4.90 Å². The molecule has 1 N–H and O–H groups in total. The molecule has 1 atom stereocenters. The zero-order chi connectivity index (χ0) is 33.0. The van der Waals surface area contributed by atoms with Crippen LogP contribution in [-0.2, 0) is 0 Å². The van der Waals surface area contributed by atoms with Gasteiger partial charge in [-0.25, -0.2) is 15.0 Å². The van der Waals surface area contributed by atoms with Crippen LogP contribution < -0.4 is 4.90 Å². The normalized spacial score (nSPS) is 16.1. The van der Waals surface area contributed by atoms with Crippen LogP contribution in [0, 0.1) is 5.95 Å². The predicted octanol–water partition coefficient (Wildman–Crippen LogP) is 9.69. The van der Waals surface area contributed by atoms with Gasteiger partial charge in [0.1, 0.15) is 23.9 Å². The number of hydrogen-bond donors (Lipinski definition) is 1. The van der Waals surface area contributed by atoms with Crippen molar-refractivity contribution in [1.82, 2.24) is 24.2 Å². The van der Waals surface area contributed by atoms with E-state index >= 15 is 4.39 Å². The molecule has 1 aromatic carbocycles. The summed E-state index contributed by atoms with van der Waals surface area (Å²) in [6, 6.07) is 15.6. The Morgan fingerprint density at radius 3 is 2.17 bits per heavy atom. The number of aliphatic hydroxyl groups is 1. The number of benzene rings is 1. The first kappa shape index (κ1) is 31.6. The fraction of sp³-hybridized carbons (Fsp3) is 0.421. The van der Waals surface area contributed by atoms with Gasteiger partial charge in [0, 0.05) is 34.8 Å². The lowest BCUT2D eigenvalue weighted by Crippen LogP contribution is -2.51. The molecule has 1 unspecified atom stereocenters. The largest absolute Gasteiger partial charge is 0.383 e. The van der Waals surface area contributed by atoms with Crippen LogP contribution in [0.15, 0.2) is 73.4 Å². The number of aromatic nitrogens is 5. The zero-order valence-corrected chi connectivity index (χ0v) is 29.2. The number of hydrogen-bond acceptors (Lipinski definition) is 6. The van der Waals surface area contributed by atoms with E-state index in [4.69, 9.17) is 9.97 Å². The van der Waals surface area contributed by atoms with Crippen molar-refractivity contribution in [3.8, 4) is 0 Å². The molecule has 9 heteroatoms. The van der Waals surface area contributed by atoms with Crippen LogP contribution in [0.5, 0.6) is 0 Å². The molecule has 2 aliphatic carbocycles. The Morgan fingerprint density at radius 2 is 1.55 bits per heavy atom. The number of rotatable bonds is 11. The van der Waals surface area contributed by atoms with Crippen LogP contribution in [0.25, 0.3) is 11.0 Å². The van der Waals surface area contributed by atoms with E-state index in [1.165, 1.54) is 5.56 Å². The lowest BCUT2D eigenvalue weighted by atomic mass is 10.0. The van der Waals surface area contributed by atoms with Crippen molar-refractivity contribution in [1.29, 1.82) is 0 Å². The van der Waals surface area contributed by atoms with Crippen LogP contribution in [-0.4, -0.2) is 37.5 Å². The molecular formula is C38H45FN6OSi. The summed E-state index contributed by atoms with van der Waals surface area (Å²) in [7, 11) is -2.26. The van der Waals surface area contributed by atoms with E-state index in [2.05, 4.69) is 80.1 Å². The maximum Gasteiger partial charge on any atom is 0.221 e. The number of halogens is 1. The summed E-state index contributed by atoms with van der Waals surface area (Å²) in [6.45, 7) is 13.9. The summed E-state index contributed by atoms with van der Waals surface area (Å²) in [5.74, 6) is 0.559. The Kier molecular flexibility index (Phi) is 8.25. The first-order valence-electron chi connectivity index (χ1n) is 17.1. The molecule has 0 spiro atoms. The molecule has 4 heterocycles. The van der Waals surface area contributed by atoms with Gasteiger partial charge in [0.05, 0.1) is 23.3 Å². The average Bonchev–Trinajstić information content (AvgIpc) is 3.99. The first-order chi connectivity index (χ1) is 22.6. The molecule has 4 aromatic heterocycles. The van der Waals surface area contributed by atoms with Gasteiger partial charge in [-0.3, -0.25) is 9.88 Å². The minimum absolute atomic E-state index is 0.144. The Morgan fingerprint density at radius 1 is 0.851 bits per heavy atom. The van der Waals surface area contributed by atoms with Gasteiger partial charge < -0.3 is 9.34 Å². The highest BCUT2D eigenvalue weighted by atomic mass is 28.3. The molecule has 47 heavy (non-hydrogen) atoms. The first-order valence-corrected chi connectivity index (χ1v) is 19.3. The number of anilines is 3. The highest BCUT2D eigenvalue weighted by Gasteiger charge is 2.47. The molecule has 7 rings (SSSR count). The maximum atomic E-state index is 16.4. The summed E-state index contributed by atoms with van der Waals surface area (Å²) in [6.07, 6.45) is 10.4. The Bertz CT molecular complexity index is 1880. The van der Waals surface area contributed by atoms with Gasteiger partial charge in [0.25, 0.3) is 0 Å². The van der Waals surface area contributed by atoms with Gasteiger partial charge in [-0.05, 0) is 84.1 Å². The lowest BCUT2D eigenvalue weighted by Gasteiger charge is -2.44. The van der Waals surface area contributed by atoms with E-state index in [0.29, 0.717) is 39.8 Å². The molecule has 244 valence electrons. The third-order valence-corrected chi connectivity index (χ3v) is 17.3. The van der Waals surface area contributed by atoms with E-state index < -0.39 is 20.3 Å². The van der Waals surface area contributed by atoms with E-state index in [1.54, 1.807) is 24.8 Å². The number of fused-ring (bicyclic) bond motifs is 1. The summed E-state index contributed by atoms with van der Waals surface area (Å²) in [4.78, 5) is 20.5. The smallest absolute Gasteiger partial charge is 0.221 e. The second kappa shape index (κ2) is 12.2. The van der Waals surface area contributed by atoms with Crippen molar-refractivity contribution in [3.63, 3.8) is 0 Å². The molecule has 2 fully saturated rings. The SMILES string of the molecule is CC(C)[Si](C(C)C)(C(C)C)n1cc(C(O)c2ccc(N(c3cccnc3)c3ccccc3C3CC3)nc2F)c2c(C3CC3)ncnc21. The maximum absolute atomic E-state index is 16.4. The van der Waals surface area contributed by atoms with Crippen molar-refractivity contribution in [3.05, 3.63) is 102 Å². The minimum atomic E-state index is -2.26. The fourth-order valence-corrected chi connectivity index (χ4v) is 14.9. The van der Waals surface area contributed by atoms with Crippen molar-refractivity contribution in [2.45, 2.75) is 102 Å². The van der Waals surface area contributed by atoms with Crippen LogP contribution in [0.1, 0.15) is 108 Å². The van der Waals surface area contributed by atoms with Gasteiger partial charge in [-0.15, -0.1) is 0 Å². The summed E-state index contributed by atoms with van der Waals surface area (Å²) >= 11 is 0. The van der Waals surface area contributed by atoms with Crippen molar-refractivity contribution < 1.29 is 9.50 Å². The number of aliphatic hydroxyl groups excluding tert-OH is 1. The Balaban J connectivity index is 1.37. The summed E-state index contributed by atoms with van der Waals surface area (Å²) in [5.41, 5.74) is 6.86. The van der Waals surface area contributed by atoms with Crippen LogP contribution in [0.4, 0.5) is 21.6 Å². The minimum Gasteiger partial charge on any atom is -0.383 e. The summed E-state index contributed by atoms with van der Waals surface area (Å²) < 4.78 is 18.8. The van der Waals surface area contributed by atoms with E-state index in [9.17, 15) is 5.11 Å². The average molecular weight is 649 g/mol. The molecule has 5 aromatic rings. The van der Waals surface area contributed by atoms with Gasteiger partial charge in [-0.1, -0.05) is 59.7 Å². The molecule has 0 aliphatic heterocycles. The van der Waals surface area contributed by atoms with Crippen LogP contribution >= 0.6 is 0 Å². The summed E-state index contributed by atoms with van der Waals surface area (Å²) in [5, 5.41) is 13.0. The van der Waals surface area contributed by atoms with Crippen LogP contribution in [0.3, 0.4) is 0 Å². The molecule has 7 nitrogen and oxygen atoms in total. The molecule has 0 bridgehead atoms. The third kappa shape index (κ3) is 5.37. The lowest BCUT2D eigenvalue weighted by molar-refractivity contribution is 0.215. The topological polar surface area (TPSA) is 80.0 Å². The second-order valence-corrected chi connectivity index (χ2v) is 20.1. The fourth-order valence-electron chi connectivity index (χ4n) is 8.36. The molecule has 2 aliphatic rings. The highest BCUT2D eigenvalue weighted by Crippen LogP contribution is 2.50. The number of para-hydroxylation sites is 1. The van der Waals surface area contributed by atoms with Gasteiger partial charge in [0.15, 0.2) is 8.24 Å². The Labute approximate surface area is 278 Å². The molecule has 2 saturated carbocycles. The van der Waals surface area contributed by atoms with Gasteiger partial charge in [0.2, 0.25) is 5.95 Å². The third-order valence-electron chi connectivity index (χ3n) is 10.6. The number of nitrogens with zero attached hydrogens (tertiary/aromatic N) is 6.